The van der Waals surface area contributed by atoms with E-state index in [1.807, 2.05) is 12.1 Å². The summed E-state index contributed by atoms with van der Waals surface area (Å²) < 4.78 is 0. The molecule has 0 heterocycles. The average Bonchev–Trinajstić information content (AvgIpc) is 2.41. The summed E-state index contributed by atoms with van der Waals surface area (Å²) in [5.41, 5.74) is 4.87. The zero-order chi connectivity index (χ0) is 13.8. The van der Waals surface area contributed by atoms with Crippen LogP contribution in [-0.4, -0.2) is 7.05 Å². The predicted octanol–water partition coefficient (Wildman–Crippen LogP) is 5.02. The number of benzene rings is 2. The molecule has 0 N–H and O–H groups in total. The Morgan fingerprint density at radius 2 is 1.63 bits per heavy atom. The summed E-state index contributed by atoms with van der Waals surface area (Å²) in [6, 6.07) is 14.3. The van der Waals surface area contributed by atoms with Crippen molar-refractivity contribution in [3.63, 3.8) is 0 Å². The molecule has 0 aliphatic heterocycles. The topological polar surface area (TPSA) is 3.24 Å². The van der Waals surface area contributed by atoms with Gasteiger partial charge in [-0.15, -0.1) is 11.6 Å². The van der Waals surface area contributed by atoms with E-state index in [2.05, 4.69) is 49.2 Å². The second-order valence-corrected chi connectivity index (χ2v) is 5.44. The fourth-order valence-electron chi connectivity index (χ4n) is 2.18. The molecule has 0 aliphatic carbocycles. The van der Waals surface area contributed by atoms with Gasteiger partial charge in [0.1, 0.15) is 0 Å². The normalized spacial score (nSPS) is 10.5. The van der Waals surface area contributed by atoms with Crippen LogP contribution < -0.4 is 4.90 Å². The quantitative estimate of drug-likeness (QED) is 0.715. The van der Waals surface area contributed by atoms with E-state index >= 15 is 0 Å². The Bertz CT molecular complexity index is 549. The Morgan fingerprint density at radius 3 is 2.21 bits per heavy atom. The molecule has 0 saturated carbocycles. The van der Waals surface area contributed by atoms with Gasteiger partial charge in [-0.2, -0.15) is 0 Å². The summed E-state index contributed by atoms with van der Waals surface area (Å²) in [6.45, 7) is 2.97. The summed E-state index contributed by atoms with van der Waals surface area (Å²) in [4.78, 5) is 2.23. The number of rotatable bonds is 4. The fourth-order valence-corrected chi connectivity index (χ4v) is 2.47. The first kappa shape index (κ1) is 14.2. The summed E-state index contributed by atoms with van der Waals surface area (Å²) >= 11 is 11.7. The van der Waals surface area contributed by atoms with Gasteiger partial charge in [-0.3, -0.25) is 0 Å². The standard InChI is InChI=1S/C16H17Cl2N/c1-12-9-14(10-17)5-8-16(12)19(2)11-13-3-6-15(18)7-4-13/h3-9H,10-11H2,1-2H3. The summed E-state index contributed by atoms with van der Waals surface area (Å²) in [7, 11) is 2.09. The molecule has 0 radical (unpaired) electrons. The highest BCUT2D eigenvalue weighted by atomic mass is 35.5. The summed E-state index contributed by atoms with van der Waals surface area (Å²) in [5.74, 6) is 0.558. The molecule has 0 spiro atoms. The van der Waals surface area contributed by atoms with Crippen LogP contribution in [0.25, 0.3) is 0 Å². The van der Waals surface area contributed by atoms with Gasteiger partial charge in [0.25, 0.3) is 0 Å². The molecule has 0 unspecified atom stereocenters. The predicted molar refractivity (Wildman–Crippen MR) is 84.3 cm³/mol. The molecule has 2 rings (SSSR count). The second-order valence-electron chi connectivity index (χ2n) is 4.74. The van der Waals surface area contributed by atoms with Gasteiger partial charge in [0, 0.05) is 30.2 Å². The fraction of sp³-hybridized carbons (Fsp3) is 0.250. The summed E-state index contributed by atoms with van der Waals surface area (Å²) in [5, 5.41) is 0.772. The smallest absolute Gasteiger partial charge is 0.0474 e. The van der Waals surface area contributed by atoms with Crippen molar-refractivity contribution in [2.45, 2.75) is 19.3 Å². The van der Waals surface area contributed by atoms with Crippen LogP contribution >= 0.6 is 23.2 Å². The lowest BCUT2D eigenvalue weighted by Gasteiger charge is -2.22. The molecule has 0 fully saturated rings. The lowest BCUT2D eigenvalue weighted by molar-refractivity contribution is 0.916. The van der Waals surface area contributed by atoms with E-state index in [-0.39, 0.29) is 0 Å². The van der Waals surface area contributed by atoms with Gasteiger partial charge in [-0.1, -0.05) is 35.9 Å². The number of nitrogens with zero attached hydrogens (tertiary/aromatic N) is 1. The highest BCUT2D eigenvalue weighted by Crippen LogP contribution is 2.23. The molecule has 1 nitrogen and oxygen atoms in total. The number of hydrogen-bond donors (Lipinski definition) is 0. The number of anilines is 1. The maximum atomic E-state index is 5.90. The minimum atomic E-state index is 0.558. The Labute approximate surface area is 124 Å². The molecule has 0 atom stereocenters. The maximum absolute atomic E-state index is 5.90. The maximum Gasteiger partial charge on any atom is 0.0474 e. The molecule has 19 heavy (non-hydrogen) atoms. The van der Waals surface area contributed by atoms with Crippen molar-refractivity contribution in [2.75, 3.05) is 11.9 Å². The van der Waals surface area contributed by atoms with Crippen LogP contribution in [0.2, 0.25) is 5.02 Å². The van der Waals surface area contributed by atoms with E-state index in [4.69, 9.17) is 23.2 Å². The van der Waals surface area contributed by atoms with Crippen LogP contribution in [0.15, 0.2) is 42.5 Å². The molecule has 0 aromatic heterocycles. The van der Waals surface area contributed by atoms with Gasteiger partial charge in [0.15, 0.2) is 0 Å². The number of aryl methyl sites for hydroxylation is 1. The van der Waals surface area contributed by atoms with Crippen molar-refractivity contribution < 1.29 is 0 Å². The minimum absolute atomic E-state index is 0.558. The Kier molecular flexibility index (Phi) is 4.73. The lowest BCUT2D eigenvalue weighted by Crippen LogP contribution is -2.17. The number of hydrogen-bond acceptors (Lipinski definition) is 1. The second kappa shape index (κ2) is 6.31. The molecule has 0 amide bonds. The van der Waals surface area contributed by atoms with E-state index in [1.165, 1.54) is 16.8 Å². The van der Waals surface area contributed by atoms with E-state index in [1.54, 1.807) is 0 Å². The highest BCUT2D eigenvalue weighted by molar-refractivity contribution is 6.30. The molecule has 0 saturated heterocycles. The van der Waals surface area contributed by atoms with Crippen LogP contribution in [0.3, 0.4) is 0 Å². The van der Waals surface area contributed by atoms with E-state index in [0.29, 0.717) is 5.88 Å². The molecule has 100 valence electrons. The molecular formula is C16H17Cl2N. The van der Waals surface area contributed by atoms with Crippen molar-refractivity contribution in [1.82, 2.24) is 0 Å². The third-order valence-electron chi connectivity index (χ3n) is 3.16. The van der Waals surface area contributed by atoms with Crippen LogP contribution in [-0.2, 0) is 12.4 Å². The van der Waals surface area contributed by atoms with Gasteiger partial charge in [-0.25, -0.2) is 0 Å². The molecule has 3 heteroatoms. The largest absolute Gasteiger partial charge is 0.370 e. The number of alkyl halides is 1. The van der Waals surface area contributed by atoms with Crippen LogP contribution in [0.5, 0.6) is 0 Å². The minimum Gasteiger partial charge on any atom is -0.370 e. The molecule has 0 bridgehead atoms. The Balaban J connectivity index is 2.15. The van der Waals surface area contributed by atoms with Gasteiger partial charge >= 0.3 is 0 Å². The molecule has 2 aromatic carbocycles. The zero-order valence-corrected chi connectivity index (χ0v) is 12.7. The van der Waals surface area contributed by atoms with Crippen molar-refractivity contribution >= 4 is 28.9 Å². The van der Waals surface area contributed by atoms with Gasteiger partial charge in [0.05, 0.1) is 0 Å². The SMILES string of the molecule is Cc1cc(CCl)ccc1N(C)Cc1ccc(Cl)cc1. The molecule has 2 aromatic rings. The average molecular weight is 294 g/mol. The monoisotopic (exact) mass is 293 g/mol. The van der Waals surface area contributed by atoms with Gasteiger partial charge < -0.3 is 4.90 Å². The Morgan fingerprint density at radius 1 is 1.00 bits per heavy atom. The first-order valence-electron chi connectivity index (χ1n) is 6.21. The molecular weight excluding hydrogens is 277 g/mol. The third-order valence-corrected chi connectivity index (χ3v) is 3.72. The Hall–Kier alpha value is -1.18. The van der Waals surface area contributed by atoms with Crippen LogP contribution in [0.4, 0.5) is 5.69 Å². The number of halogens is 2. The molecule has 0 aliphatic rings. The van der Waals surface area contributed by atoms with Crippen molar-refractivity contribution in [1.29, 1.82) is 0 Å². The van der Waals surface area contributed by atoms with Gasteiger partial charge in [-0.05, 0) is 41.8 Å². The van der Waals surface area contributed by atoms with E-state index < -0.39 is 0 Å². The van der Waals surface area contributed by atoms with Gasteiger partial charge in [0.2, 0.25) is 0 Å². The van der Waals surface area contributed by atoms with E-state index in [9.17, 15) is 0 Å². The van der Waals surface area contributed by atoms with Crippen LogP contribution in [0.1, 0.15) is 16.7 Å². The first-order chi connectivity index (χ1) is 9.10. The lowest BCUT2D eigenvalue weighted by atomic mass is 10.1. The van der Waals surface area contributed by atoms with Crippen molar-refractivity contribution in [3.05, 3.63) is 64.2 Å². The zero-order valence-electron chi connectivity index (χ0n) is 11.2. The van der Waals surface area contributed by atoms with Crippen molar-refractivity contribution in [3.8, 4) is 0 Å². The highest BCUT2D eigenvalue weighted by Gasteiger charge is 2.06. The third kappa shape index (κ3) is 3.65. The first-order valence-corrected chi connectivity index (χ1v) is 7.12. The van der Waals surface area contributed by atoms with Crippen molar-refractivity contribution in [2.24, 2.45) is 0 Å². The summed E-state index contributed by atoms with van der Waals surface area (Å²) in [6.07, 6.45) is 0. The van der Waals surface area contributed by atoms with Crippen LogP contribution in [0, 0.1) is 6.92 Å². The van der Waals surface area contributed by atoms with E-state index in [0.717, 1.165) is 17.1 Å².